The summed E-state index contributed by atoms with van der Waals surface area (Å²) in [4.78, 5) is 16.4. The highest BCUT2D eigenvalue weighted by Crippen LogP contribution is 2.20. The summed E-state index contributed by atoms with van der Waals surface area (Å²) in [6.45, 7) is 7.63. The molecule has 152 valence electrons. The van der Waals surface area contributed by atoms with E-state index in [2.05, 4.69) is 28.6 Å². The molecule has 0 fully saturated rings. The first-order chi connectivity index (χ1) is 14.2. The smallest absolute Gasteiger partial charge is 0.220 e. The van der Waals surface area contributed by atoms with Gasteiger partial charge in [-0.2, -0.15) is 0 Å². The molecule has 0 bridgehead atoms. The second-order valence-corrected chi connectivity index (χ2v) is 6.95. The Kier molecular flexibility index (Phi) is 7.45. The molecule has 0 aliphatic rings. The molecule has 0 aliphatic heterocycles. The quantitative estimate of drug-likeness (QED) is 0.382. The second kappa shape index (κ2) is 10.5. The number of imidazole rings is 1. The summed E-state index contributed by atoms with van der Waals surface area (Å²) in [5.41, 5.74) is 3.23. The molecule has 0 spiro atoms. The van der Waals surface area contributed by atoms with Crippen LogP contribution in [0.3, 0.4) is 0 Å². The number of nitrogens with zero attached hydrogens (tertiary/aromatic N) is 2. The van der Waals surface area contributed by atoms with Crippen molar-refractivity contribution in [3.05, 3.63) is 72.6 Å². The van der Waals surface area contributed by atoms with Gasteiger partial charge in [0, 0.05) is 13.0 Å². The number of ether oxygens (including phenoxy) is 1. The van der Waals surface area contributed by atoms with Crippen LogP contribution in [0.2, 0.25) is 0 Å². The van der Waals surface area contributed by atoms with E-state index in [1.165, 1.54) is 0 Å². The maximum Gasteiger partial charge on any atom is 0.220 e. The third-order valence-electron chi connectivity index (χ3n) is 4.87. The molecule has 5 nitrogen and oxygen atoms in total. The topological polar surface area (TPSA) is 56.1 Å². The predicted octanol–water partition coefficient (Wildman–Crippen LogP) is 4.65. The lowest BCUT2D eigenvalue weighted by Crippen LogP contribution is -2.23. The number of aromatic nitrogens is 2. The summed E-state index contributed by atoms with van der Waals surface area (Å²) in [5.74, 6) is 1.86. The fourth-order valence-electron chi connectivity index (χ4n) is 3.34. The van der Waals surface area contributed by atoms with Gasteiger partial charge in [-0.1, -0.05) is 43.3 Å². The van der Waals surface area contributed by atoms with Gasteiger partial charge in [-0.15, -0.1) is 6.58 Å². The normalized spacial score (nSPS) is 10.8. The van der Waals surface area contributed by atoms with Crippen LogP contribution in [0.1, 0.15) is 37.6 Å². The molecule has 3 aromatic rings. The highest BCUT2D eigenvalue weighted by molar-refractivity contribution is 5.77. The summed E-state index contributed by atoms with van der Waals surface area (Å²) in [5, 5.41) is 2.94. The summed E-state index contributed by atoms with van der Waals surface area (Å²) in [6.07, 6.45) is 5.09. The van der Waals surface area contributed by atoms with E-state index in [0.717, 1.165) is 54.0 Å². The number of nitrogens with one attached hydrogen (secondary N) is 1. The number of carbonyl (C=O) groups is 1. The molecule has 1 amide bonds. The van der Waals surface area contributed by atoms with E-state index in [9.17, 15) is 4.79 Å². The molecule has 1 N–H and O–H groups in total. The summed E-state index contributed by atoms with van der Waals surface area (Å²) >= 11 is 0. The van der Waals surface area contributed by atoms with Gasteiger partial charge in [0.1, 0.15) is 11.6 Å². The van der Waals surface area contributed by atoms with Crippen molar-refractivity contribution in [2.75, 3.05) is 6.61 Å². The number of para-hydroxylation sites is 3. The SMILES string of the molecule is C=CCc1ccccc1OCCCCn1c(CNC(=O)CC)nc2ccccc21. The zero-order chi connectivity index (χ0) is 20.5. The van der Waals surface area contributed by atoms with Crippen LogP contribution >= 0.6 is 0 Å². The molecular weight excluding hydrogens is 362 g/mol. The van der Waals surface area contributed by atoms with Gasteiger partial charge in [-0.05, 0) is 43.0 Å². The van der Waals surface area contributed by atoms with E-state index in [0.29, 0.717) is 19.6 Å². The minimum Gasteiger partial charge on any atom is -0.493 e. The van der Waals surface area contributed by atoms with Crippen molar-refractivity contribution in [3.8, 4) is 5.75 Å². The minimum absolute atomic E-state index is 0.0372. The standard InChI is InChI=1S/C24H29N3O2/c1-3-11-19-12-5-8-15-22(19)29-17-10-9-16-27-21-14-7-6-13-20(21)26-23(27)18-25-24(28)4-2/h3,5-8,12-15H,1,4,9-11,16-18H2,2H3,(H,25,28). The van der Waals surface area contributed by atoms with Crippen LogP contribution < -0.4 is 10.1 Å². The molecule has 0 unspecified atom stereocenters. The number of fused-ring (bicyclic) bond motifs is 1. The molecule has 5 heteroatoms. The molecular formula is C24H29N3O2. The van der Waals surface area contributed by atoms with Crippen molar-refractivity contribution >= 4 is 16.9 Å². The Morgan fingerprint density at radius 1 is 1.17 bits per heavy atom. The number of aryl methyl sites for hydroxylation is 1. The number of carbonyl (C=O) groups excluding carboxylic acids is 1. The molecule has 1 aromatic heterocycles. The van der Waals surface area contributed by atoms with Crippen molar-refractivity contribution in [3.63, 3.8) is 0 Å². The van der Waals surface area contributed by atoms with Crippen LogP contribution in [-0.4, -0.2) is 22.1 Å². The molecule has 3 rings (SSSR count). The van der Waals surface area contributed by atoms with E-state index in [-0.39, 0.29) is 5.91 Å². The van der Waals surface area contributed by atoms with Crippen LogP contribution in [0.25, 0.3) is 11.0 Å². The molecule has 0 radical (unpaired) electrons. The molecule has 0 aliphatic carbocycles. The third kappa shape index (κ3) is 5.47. The maximum absolute atomic E-state index is 11.6. The van der Waals surface area contributed by atoms with Gasteiger partial charge in [0.2, 0.25) is 5.91 Å². The minimum atomic E-state index is 0.0372. The van der Waals surface area contributed by atoms with Gasteiger partial charge in [0.25, 0.3) is 0 Å². The number of hydrogen-bond acceptors (Lipinski definition) is 3. The Balaban J connectivity index is 1.58. The van der Waals surface area contributed by atoms with Gasteiger partial charge >= 0.3 is 0 Å². The summed E-state index contributed by atoms with van der Waals surface area (Å²) in [6, 6.07) is 16.2. The number of hydrogen-bond donors (Lipinski definition) is 1. The lowest BCUT2D eigenvalue weighted by Gasteiger charge is -2.12. The van der Waals surface area contributed by atoms with Crippen LogP contribution in [0.15, 0.2) is 61.2 Å². The summed E-state index contributed by atoms with van der Waals surface area (Å²) < 4.78 is 8.20. The van der Waals surface area contributed by atoms with Crippen molar-refractivity contribution in [1.29, 1.82) is 0 Å². The third-order valence-corrected chi connectivity index (χ3v) is 4.87. The Bertz CT molecular complexity index is 962. The summed E-state index contributed by atoms with van der Waals surface area (Å²) in [7, 11) is 0. The zero-order valence-electron chi connectivity index (χ0n) is 17.1. The first-order valence-electron chi connectivity index (χ1n) is 10.3. The highest BCUT2D eigenvalue weighted by Gasteiger charge is 2.11. The van der Waals surface area contributed by atoms with Gasteiger partial charge in [-0.25, -0.2) is 4.98 Å². The molecule has 1 heterocycles. The monoisotopic (exact) mass is 391 g/mol. The number of unbranched alkanes of at least 4 members (excludes halogenated alkanes) is 1. The van der Waals surface area contributed by atoms with Crippen LogP contribution in [-0.2, 0) is 24.3 Å². The first-order valence-corrected chi connectivity index (χ1v) is 10.3. The molecule has 29 heavy (non-hydrogen) atoms. The van der Waals surface area contributed by atoms with E-state index < -0.39 is 0 Å². The number of rotatable bonds is 11. The first kappa shape index (κ1) is 20.6. The average molecular weight is 392 g/mol. The van der Waals surface area contributed by atoms with Crippen molar-refractivity contribution in [2.24, 2.45) is 0 Å². The van der Waals surface area contributed by atoms with Crippen molar-refractivity contribution in [1.82, 2.24) is 14.9 Å². The van der Waals surface area contributed by atoms with Gasteiger partial charge in [0.05, 0.1) is 24.2 Å². The Morgan fingerprint density at radius 3 is 2.79 bits per heavy atom. The Hall–Kier alpha value is -3.08. The lowest BCUT2D eigenvalue weighted by molar-refractivity contribution is -0.120. The predicted molar refractivity (Wildman–Crippen MR) is 117 cm³/mol. The fourth-order valence-corrected chi connectivity index (χ4v) is 3.34. The van der Waals surface area contributed by atoms with Crippen molar-refractivity contribution < 1.29 is 9.53 Å². The van der Waals surface area contributed by atoms with E-state index in [1.54, 1.807) is 0 Å². The molecule has 2 aromatic carbocycles. The van der Waals surface area contributed by atoms with Gasteiger partial charge < -0.3 is 14.6 Å². The number of amides is 1. The fraction of sp³-hybridized carbons (Fsp3) is 0.333. The Morgan fingerprint density at radius 2 is 1.97 bits per heavy atom. The highest BCUT2D eigenvalue weighted by atomic mass is 16.5. The average Bonchev–Trinajstić information content (AvgIpc) is 3.10. The van der Waals surface area contributed by atoms with E-state index in [1.807, 2.05) is 49.4 Å². The Labute approximate surface area is 172 Å². The van der Waals surface area contributed by atoms with Gasteiger partial charge in [-0.3, -0.25) is 4.79 Å². The lowest BCUT2D eigenvalue weighted by atomic mass is 10.1. The van der Waals surface area contributed by atoms with Crippen LogP contribution in [0, 0.1) is 0 Å². The molecule has 0 atom stereocenters. The van der Waals surface area contributed by atoms with Crippen LogP contribution in [0.5, 0.6) is 5.75 Å². The second-order valence-electron chi connectivity index (χ2n) is 6.95. The number of benzene rings is 2. The van der Waals surface area contributed by atoms with E-state index in [4.69, 9.17) is 9.72 Å². The van der Waals surface area contributed by atoms with Gasteiger partial charge in [0.15, 0.2) is 0 Å². The van der Waals surface area contributed by atoms with Crippen molar-refractivity contribution in [2.45, 2.75) is 45.7 Å². The zero-order valence-corrected chi connectivity index (χ0v) is 17.1. The van der Waals surface area contributed by atoms with E-state index >= 15 is 0 Å². The number of allylic oxidation sites excluding steroid dienone is 1. The maximum atomic E-state index is 11.6. The molecule has 0 saturated heterocycles. The molecule has 0 saturated carbocycles. The largest absolute Gasteiger partial charge is 0.493 e. The van der Waals surface area contributed by atoms with Crippen LogP contribution in [0.4, 0.5) is 0 Å².